The third-order valence-corrected chi connectivity index (χ3v) is 3.70. The minimum absolute atomic E-state index is 0.259. The van der Waals surface area contributed by atoms with Crippen LogP contribution in [0.25, 0.3) is 0 Å². The van der Waals surface area contributed by atoms with E-state index in [-0.39, 0.29) is 4.47 Å². The molecule has 3 rings (SSSR count). The number of rotatable bonds is 1. The Labute approximate surface area is 122 Å². The summed E-state index contributed by atoms with van der Waals surface area (Å²) in [6.07, 6.45) is 3.85. The van der Waals surface area contributed by atoms with E-state index in [1.807, 2.05) is 0 Å². The first-order valence-corrected chi connectivity index (χ1v) is 6.76. The average Bonchev–Trinajstić information content (AvgIpc) is 2.81. The van der Waals surface area contributed by atoms with E-state index in [9.17, 15) is 13.6 Å². The molecule has 2 aromatic rings. The van der Waals surface area contributed by atoms with Crippen molar-refractivity contribution in [3.05, 3.63) is 57.8 Å². The monoisotopic (exact) mass is 338 g/mol. The molecule has 0 spiro atoms. The number of fused-ring (bicyclic) bond motifs is 1. The molecule has 2 heterocycles. The number of nitrogens with zero attached hydrogens (tertiary/aromatic N) is 2. The summed E-state index contributed by atoms with van der Waals surface area (Å²) in [5.74, 6) is -2.41. The lowest BCUT2D eigenvalue weighted by Gasteiger charge is -2.18. The Morgan fingerprint density at radius 2 is 2.00 bits per heavy atom. The maximum absolute atomic E-state index is 13.9. The van der Waals surface area contributed by atoms with Crippen LogP contribution in [0.4, 0.5) is 14.5 Å². The Hall–Kier alpha value is -1.82. The minimum Gasteiger partial charge on any atom is -0.307 e. The fourth-order valence-electron chi connectivity index (χ4n) is 2.32. The van der Waals surface area contributed by atoms with Crippen LogP contribution in [0.15, 0.2) is 35.1 Å². The number of halogens is 3. The number of hydrogen-bond donors (Lipinski definition) is 0. The number of pyridine rings is 1. The third-order valence-electron chi connectivity index (χ3n) is 3.24. The molecule has 0 aliphatic carbocycles. The van der Waals surface area contributed by atoms with Gasteiger partial charge in [0.05, 0.1) is 5.69 Å². The highest BCUT2D eigenvalue weighted by Gasteiger charge is 2.29. The van der Waals surface area contributed by atoms with Gasteiger partial charge in [-0.25, -0.2) is 8.78 Å². The molecular formula is C14H9BrF2N2O. The van der Waals surface area contributed by atoms with Crippen molar-refractivity contribution in [2.75, 3.05) is 11.4 Å². The molecule has 0 saturated carbocycles. The zero-order valence-electron chi connectivity index (χ0n) is 10.2. The van der Waals surface area contributed by atoms with Gasteiger partial charge in [-0.1, -0.05) is 15.9 Å². The Morgan fingerprint density at radius 1 is 1.30 bits per heavy atom. The smallest absolute Gasteiger partial charge is 0.264 e. The molecule has 0 saturated heterocycles. The van der Waals surface area contributed by atoms with E-state index in [1.165, 1.54) is 4.90 Å². The molecule has 6 heteroatoms. The topological polar surface area (TPSA) is 33.2 Å². The van der Waals surface area contributed by atoms with Gasteiger partial charge in [0.15, 0.2) is 0 Å². The van der Waals surface area contributed by atoms with Gasteiger partial charge in [-0.05, 0) is 30.2 Å². The van der Waals surface area contributed by atoms with Gasteiger partial charge in [0.1, 0.15) is 17.2 Å². The number of aromatic nitrogens is 1. The fourth-order valence-corrected chi connectivity index (χ4v) is 2.72. The van der Waals surface area contributed by atoms with Crippen LogP contribution in [0, 0.1) is 11.6 Å². The predicted molar refractivity (Wildman–Crippen MR) is 73.7 cm³/mol. The molecule has 20 heavy (non-hydrogen) atoms. The molecule has 1 amide bonds. The first kappa shape index (κ1) is 13.2. The quantitative estimate of drug-likeness (QED) is 0.799. The molecular weight excluding hydrogens is 330 g/mol. The number of carbonyl (C=O) groups excluding carboxylic acids is 1. The largest absolute Gasteiger partial charge is 0.307 e. The molecule has 0 bridgehead atoms. The van der Waals surface area contributed by atoms with E-state index >= 15 is 0 Å². The minimum atomic E-state index is -0.871. The van der Waals surface area contributed by atoms with Crippen LogP contribution in [-0.4, -0.2) is 17.4 Å². The standard InChI is InChI=1S/C14H9BrF2N2O/c15-9-5-10(16)13(11(17)6-9)14(20)19-4-2-8-7-18-3-1-12(8)19/h1,3,5-7H,2,4H2. The van der Waals surface area contributed by atoms with Crippen molar-refractivity contribution in [2.24, 2.45) is 0 Å². The van der Waals surface area contributed by atoms with Gasteiger partial charge < -0.3 is 4.90 Å². The van der Waals surface area contributed by atoms with E-state index in [2.05, 4.69) is 20.9 Å². The van der Waals surface area contributed by atoms with Crippen molar-refractivity contribution < 1.29 is 13.6 Å². The summed E-state index contributed by atoms with van der Waals surface area (Å²) in [5.41, 5.74) is 1.03. The molecule has 1 aliphatic rings. The van der Waals surface area contributed by atoms with Gasteiger partial charge >= 0.3 is 0 Å². The number of carbonyl (C=O) groups is 1. The van der Waals surface area contributed by atoms with Crippen LogP contribution in [0.5, 0.6) is 0 Å². The SMILES string of the molecule is O=C(c1c(F)cc(Br)cc1F)N1CCc2cnccc21. The van der Waals surface area contributed by atoms with Crippen LogP contribution in [0.2, 0.25) is 0 Å². The van der Waals surface area contributed by atoms with Crippen molar-refractivity contribution >= 4 is 27.5 Å². The maximum Gasteiger partial charge on any atom is 0.264 e. The van der Waals surface area contributed by atoms with Gasteiger partial charge in [-0.2, -0.15) is 0 Å². The van der Waals surface area contributed by atoms with Gasteiger partial charge in [-0.3, -0.25) is 9.78 Å². The molecule has 1 aromatic carbocycles. The molecule has 0 fully saturated rings. The van der Waals surface area contributed by atoms with Crippen molar-refractivity contribution in [3.8, 4) is 0 Å². The molecule has 0 N–H and O–H groups in total. The van der Waals surface area contributed by atoms with E-state index in [0.717, 1.165) is 17.7 Å². The summed E-state index contributed by atoms with van der Waals surface area (Å²) in [6, 6.07) is 3.84. The second-order valence-electron chi connectivity index (χ2n) is 4.46. The second kappa shape index (κ2) is 4.94. The van der Waals surface area contributed by atoms with Crippen LogP contribution < -0.4 is 4.90 Å². The summed E-state index contributed by atoms with van der Waals surface area (Å²) in [6.45, 7) is 0.398. The molecule has 0 atom stereocenters. The Balaban J connectivity index is 2.03. The van der Waals surface area contributed by atoms with Crippen LogP contribution >= 0.6 is 15.9 Å². The lowest BCUT2D eigenvalue weighted by molar-refractivity contribution is 0.0981. The first-order valence-electron chi connectivity index (χ1n) is 5.97. The van der Waals surface area contributed by atoms with Gasteiger partial charge in [0.25, 0.3) is 5.91 Å². The van der Waals surface area contributed by atoms with Gasteiger partial charge in [0.2, 0.25) is 0 Å². The summed E-state index contributed by atoms with van der Waals surface area (Å²) in [5, 5.41) is 0. The highest BCUT2D eigenvalue weighted by molar-refractivity contribution is 9.10. The molecule has 1 aliphatic heterocycles. The lowest BCUT2D eigenvalue weighted by Crippen LogP contribution is -2.30. The Bertz CT molecular complexity index is 682. The predicted octanol–water partition coefficient (Wildman–Crippen LogP) is 3.33. The molecule has 3 nitrogen and oxygen atoms in total. The maximum atomic E-state index is 13.9. The first-order chi connectivity index (χ1) is 9.58. The summed E-state index contributed by atoms with van der Waals surface area (Å²) in [7, 11) is 0. The summed E-state index contributed by atoms with van der Waals surface area (Å²) in [4.78, 5) is 17.7. The van der Waals surface area contributed by atoms with Crippen molar-refractivity contribution in [2.45, 2.75) is 6.42 Å². The molecule has 1 aromatic heterocycles. The fraction of sp³-hybridized carbons (Fsp3) is 0.143. The zero-order valence-corrected chi connectivity index (χ0v) is 11.8. The zero-order chi connectivity index (χ0) is 14.3. The van der Waals surface area contributed by atoms with Crippen molar-refractivity contribution in [3.63, 3.8) is 0 Å². The highest BCUT2D eigenvalue weighted by atomic mass is 79.9. The van der Waals surface area contributed by atoms with E-state index in [0.29, 0.717) is 18.7 Å². The lowest BCUT2D eigenvalue weighted by atomic mass is 10.1. The third kappa shape index (κ3) is 2.10. The van der Waals surface area contributed by atoms with Crippen LogP contribution in [0.3, 0.4) is 0 Å². The van der Waals surface area contributed by atoms with E-state index in [1.54, 1.807) is 18.5 Å². The van der Waals surface area contributed by atoms with Crippen LogP contribution in [0.1, 0.15) is 15.9 Å². The number of anilines is 1. The summed E-state index contributed by atoms with van der Waals surface area (Å²) < 4.78 is 28.0. The Morgan fingerprint density at radius 3 is 2.70 bits per heavy atom. The van der Waals surface area contributed by atoms with Gasteiger partial charge in [-0.15, -0.1) is 0 Å². The van der Waals surface area contributed by atoms with E-state index in [4.69, 9.17) is 0 Å². The molecule has 0 radical (unpaired) electrons. The number of hydrogen-bond acceptors (Lipinski definition) is 2. The Kier molecular flexibility index (Phi) is 3.25. The molecule has 102 valence electrons. The number of amides is 1. The number of benzene rings is 1. The normalized spacial score (nSPS) is 13.4. The van der Waals surface area contributed by atoms with Gasteiger partial charge in [0, 0.05) is 23.4 Å². The van der Waals surface area contributed by atoms with Crippen LogP contribution in [-0.2, 0) is 6.42 Å². The second-order valence-corrected chi connectivity index (χ2v) is 5.37. The van der Waals surface area contributed by atoms with Crippen molar-refractivity contribution in [1.82, 2.24) is 4.98 Å². The van der Waals surface area contributed by atoms with E-state index < -0.39 is 23.1 Å². The summed E-state index contributed by atoms with van der Waals surface area (Å²) >= 11 is 2.99. The highest BCUT2D eigenvalue weighted by Crippen LogP contribution is 2.30. The average molecular weight is 339 g/mol. The molecule has 0 unspecified atom stereocenters. The van der Waals surface area contributed by atoms with Crippen molar-refractivity contribution in [1.29, 1.82) is 0 Å².